The van der Waals surface area contributed by atoms with E-state index >= 15 is 0 Å². The van der Waals surface area contributed by atoms with Crippen molar-refractivity contribution in [3.05, 3.63) is 40.2 Å². The first-order valence-electron chi connectivity index (χ1n) is 5.13. The van der Waals surface area contributed by atoms with Crippen LogP contribution >= 0.6 is 11.3 Å². The summed E-state index contributed by atoms with van der Waals surface area (Å²) in [7, 11) is 1.89. The van der Waals surface area contributed by atoms with Crippen molar-refractivity contribution in [3.8, 4) is 0 Å². The largest absolute Gasteiger partial charge is 0.353 e. The van der Waals surface area contributed by atoms with Gasteiger partial charge in [-0.05, 0) is 6.07 Å². The molecule has 2 aromatic rings. The van der Waals surface area contributed by atoms with E-state index in [9.17, 15) is 4.39 Å². The number of nitrogens with zero attached hydrogens (tertiary/aromatic N) is 3. The number of halogens is 1. The first-order valence-corrected chi connectivity index (χ1v) is 6.07. The van der Waals surface area contributed by atoms with Crippen LogP contribution in [0.3, 0.4) is 0 Å². The van der Waals surface area contributed by atoms with Crippen molar-refractivity contribution in [2.75, 3.05) is 11.9 Å². The summed E-state index contributed by atoms with van der Waals surface area (Å²) in [4.78, 5) is 10.2. The van der Waals surface area contributed by atoms with Crippen LogP contribution in [0.2, 0.25) is 0 Å². The molecule has 2 aromatic heterocycles. The number of hydrogen-bond donors (Lipinski definition) is 1. The maximum absolute atomic E-state index is 13.0. The second-order valence-corrected chi connectivity index (χ2v) is 4.39. The molecule has 0 saturated carbocycles. The highest BCUT2D eigenvalue weighted by Crippen LogP contribution is 2.18. The summed E-state index contributed by atoms with van der Waals surface area (Å²) >= 11 is 1.55. The van der Waals surface area contributed by atoms with Crippen molar-refractivity contribution in [3.63, 3.8) is 0 Å². The number of thiazole rings is 1. The highest BCUT2D eigenvalue weighted by atomic mass is 32.1. The fraction of sp³-hybridized carbons (Fsp3) is 0.273. The minimum atomic E-state index is -0.365. The lowest BCUT2D eigenvalue weighted by Gasteiger charge is -2.19. The quantitative estimate of drug-likeness (QED) is 0.901. The summed E-state index contributed by atoms with van der Waals surface area (Å²) in [5.74, 6) is 0.332. The third-order valence-electron chi connectivity index (χ3n) is 2.37. The SMILES string of the molecule is CN(Cc1cscn1)c1ncc(F)cc1CN. The van der Waals surface area contributed by atoms with Gasteiger partial charge in [0, 0.05) is 24.5 Å². The van der Waals surface area contributed by atoms with E-state index in [1.165, 1.54) is 12.3 Å². The molecule has 0 amide bonds. The minimum absolute atomic E-state index is 0.265. The molecular formula is C11H13FN4S. The molecule has 0 aliphatic carbocycles. The van der Waals surface area contributed by atoms with Gasteiger partial charge in [-0.1, -0.05) is 0 Å². The van der Waals surface area contributed by atoms with Crippen LogP contribution in [0.4, 0.5) is 10.2 Å². The van der Waals surface area contributed by atoms with Gasteiger partial charge in [0.2, 0.25) is 0 Å². The molecule has 0 aliphatic rings. The van der Waals surface area contributed by atoms with E-state index in [1.807, 2.05) is 17.3 Å². The molecular weight excluding hydrogens is 239 g/mol. The zero-order valence-corrected chi connectivity index (χ0v) is 10.2. The van der Waals surface area contributed by atoms with Crippen molar-refractivity contribution in [1.82, 2.24) is 9.97 Å². The number of hydrogen-bond acceptors (Lipinski definition) is 5. The fourth-order valence-corrected chi connectivity index (χ4v) is 2.15. The van der Waals surface area contributed by atoms with Gasteiger partial charge in [0.1, 0.15) is 11.6 Å². The minimum Gasteiger partial charge on any atom is -0.353 e. The second-order valence-electron chi connectivity index (χ2n) is 3.68. The Kier molecular flexibility index (Phi) is 3.65. The summed E-state index contributed by atoms with van der Waals surface area (Å²) in [6.45, 7) is 0.899. The van der Waals surface area contributed by atoms with Gasteiger partial charge in [-0.2, -0.15) is 0 Å². The topological polar surface area (TPSA) is 55.0 Å². The Morgan fingerprint density at radius 3 is 2.94 bits per heavy atom. The lowest BCUT2D eigenvalue weighted by Crippen LogP contribution is -2.20. The summed E-state index contributed by atoms with van der Waals surface area (Å²) in [5, 5.41) is 1.97. The van der Waals surface area contributed by atoms with Crippen LogP contribution in [-0.4, -0.2) is 17.0 Å². The van der Waals surface area contributed by atoms with E-state index in [-0.39, 0.29) is 12.4 Å². The van der Waals surface area contributed by atoms with Crippen molar-refractivity contribution in [2.45, 2.75) is 13.1 Å². The first kappa shape index (κ1) is 11.9. The van der Waals surface area contributed by atoms with E-state index in [0.717, 1.165) is 5.69 Å². The summed E-state index contributed by atoms with van der Waals surface area (Å²) in [6.07, 6.45) is 1.20. The first-order chi connectivity index (χ1) is 8.20. The average molecular weight is 252 g/mol. The molecule has 4 nitrogen and oxygen atoms in total. The molecule has 90 valence electrons. The second kappa shape index (κ2) is 5.20. The van der Waals surface area contributed by atoms with Crippen molar-refractivity contribution < 1.29 is 4.39 Å². The van der Waals surface area contributed by atoms with Crippen LogP contribution in [0.15, 0.2) is 23.2 Å². The summed E-state index contributed by atoms with van der Waals surface area (Å²) < 4.78 is 13.0. The maximum Gasteiger partial charge on any atom is 0.141 e. The van der Waals surface area contributed by atoms with Gasteiger partial charge in [-0.15, -0.1) is 11.3 Å². The van der Waals surface area contributed by atoms with E-state index < -0.39 is 0 Å². The Bertz CT molecular complexity index is 486. The molecule has 2 rings (SSSR count). The number of nitrogens with two attached hydrogens (primary N) is 1. The molecule has 0 bridgehead atoms. The monoisotopic (exact) mass is 252 g/mol. The maximum atomic E-state index is 13.0. The predicted octanol–water partition coefficient (Wildman–Crippen LogP) is 1.77. The predicted molar refractivity (Wildman–Crippen MR) is 66.3 cm³/mol. The zero-order valence-electron chi connectivity index (χ0n) is 9.43. The van der Waals surface area contributed by atoms with Gasteiger partial charge >= 0.3 is 0 Å². The molecule has 2 N–H and O–H groups in total. The Labute approximate surface area is 103 Å². The fourth-order valence-electron chi connectivity index (χ4n) is 1.60. The van der Waals surface area contributed by atoms with Gasteiger partial charge < -0.3 is 10.6 Å². The third kappa shape index (κ3) is 2.78. The van der Waals surface area contributed by atoms with Crippen LogP contribution in [0, 0.1) is 5.82 Å². The molecule has 0 saturated heterocycles. The Hall–Kier alpha value is -1.53. The van der Waals surface area contributed by atoms with E-state index in [1.54, 1.807) is 16.8 Å². The van der Waals surface area contributed by atoms with Gasteiger partial charge in [0.15, 0.2) is 0 Å². The molecule has 0 spiro atoms. The smallest absolute Gasteiger partial charge is 0.141 e. The molecule has 0 unspecified atom stereocenters. The number of pyridine rings is 1. The standard InChI is InChI=1S/C11H13FN4S/c1-16(5-10-6-17-7-15-10)11-8(3-13)2-9(12)4-14-11/h2,4,6-7H,3,5,13H2,1H3. The molecule has 0 fully saturated rings. The zero-order chi connectivity index (χ0) is 12.3. The number of anilines is 1. The highest BCUT2D eigenvalue weighted by molar-refractivity contribution is 7.07. The van der Waals surface area contributed by atoms with E-state index in [0.29, 0.717) is 17.9 Å². The molecule has 17 heavy (non-hydrogen) atoms. The Balaban J connectivity index is 2.21. The highest BCUT2D eigenvalue weighted by Gasteiger charge is 2.10. The average Bonchev–Trinajstić information content (AvgIpc) is 2.81. The van der Waals surface area contributed by atoms with Gasteiger partial charge in [0.05, 0.1) is 23.9 Å². The van der Waals surface area contributed by atoms with Crippen molar-refractivity contribution in [1.29, 1.82) is 0 Å². The third-order valence-corrected chi connectivity index (χ3v) is 3.01. The molecule has 0 atom stereocenters. The Morgan fingerprint density at radius 1 is 1.47 bits per heavy atom. The van der Waals surface area contributed by atoms with Crippen LogP contribution < -0.4 is 10.6 Å². The van der Waals surface area contributed by atoms with Gasteiger partial charge in [0.25, 0.3) is 0 Å². The van der Waals surface area contributed by atoms with Gasteiger partial charge in [-0.3, -0.25) is 0 Å². The normalized spacial score (nSPS) is 10.5. The number of aromatic nitrogens is 2. The van der Waals surface area contributed by atoms with Crippen LogP contribution in [0.1, 0.15) is 11.3 Å². The molecule has 6 heteroatoms. The molecule has 0 aromatic carbocycles. The lowest BCUT2D eigenvalue weighted by molar-refractivity contribution is 0.617. The van der Waals surface area contributed by atoms with Crippen molar-refractivity contribution >= 4 is 17.2 Å². The van der Waals surface area contributed by atoms with Crippen LogP contribution in [-0.2, 0) is 13.1 Å². The van der Waals surface area contributed by atoms with Gasteiger partial charge in [-0.25, -0.2) is 14.4 Å². The van der Waals surface area contributed by atoms with E-state index in [2.05, 4.69) is 9.97 Å². The molecule has 0 aliphatic heterocycles. The van der Waals surface area contributed by atoms with Crippen LogP contribution in [0.25, 0.3) is 0 Å². The summed E-state index contributed by atoms with van der Waals surface area (Å²) in [5.41, 5.74) is 9.03. The van der Waals surface area contributed by atoms with Crippen molar-refractivity contribution in [2.24, 2.45) is 5.73 Å². The lowest BCUT2D eigenvalue weighted by atomic mass is 10.2. The Morgan fingerprint density at radius 2 is 2.29 bits per heavy atom. The van der Waals surface area contributed by atoms with E-state index in [4.69, 9.17) is 5.73 Å². The molecule has 2 heterocycles. The van der Waals surface area contributed by atoms with Crippen LogP contribution in [0.5, 0.6) is 0 Å². The number of rotatable bonds is 4. The summed E-state index contributed by atoms with van der Waals surface area (Å²) in [6, 6.07) is 1.42. The molecule has 0 radical (unpaired) electrons.